The lowest BCUT2D eigenvalue weighted by Crippen LogP contribution is -2.01. The zero-order valence-corrected chi connectivity index (χ0v) is 14.7. The molecular weight excluding hydrogens is 348 g/mol. The summed E-state index contributed by atoms with van der Waals surface area (Å²) in [6.07, 6.45) is 1.48. The molecule has 6 heteroatoms. The van der Waals surface area contributed by atoms with Crippen LogP contribution in [0.3, 0.4) is 0 Å². The van der Waals surface area contributed by atoms with Crippen molar-refractivity contribution >= 4 is 27.5 Å². The van der Waals surface area contributed by atoms with Crippen LogP contribution in [0.5, 0.6) is 11.6 Å². The molecule has 0 saturated heterocycles. The number of nitrogens with zero attached hydrogens (tertiary/aromatic N) is 2. The van der Waals surface area contributed by atoms with Gasteiger partial charge in [0, 0.05) is 10.9 Å². The van der Waals surface area contributed by atoms with E-state index in [2.05, 4.69) is 9.97 Å². The lowest BCUT2D eigenvalue weighted by atomic mass is 10.1. The Bertz CT molecular complexity index is 1080. The topological polar surface area (TPSA) is 61.3 Å². The van der Waals surface area contributed by atoms with E-state index in [1.54, 1.807) is 24.3 Å². The number of fused-ring (bicyclic) bond motifs is 1. The Balaban J connectivity index is 1.78. The smallest absolute Gasteiger partial charge is 0.337 e. The molecule has 2 aromatic carbocycles. The van der Waals surface area contributed by atoms with Crippen molar-refractivity contribution in [2.75, 3.05) is 7.11 Å². The number of hydrogen-bond acceptors (Lipinski definition) is 6. The molecule has 0 aliphatic heterocycles. The highest BCUT2D eigenvalue weighted by Crippen LogP contribution is 2.38. The van der Waals surface area contributed by atoms with Crippen LogP contribution in [-0.2, 0) is 4.74 Å². The quantitative estimate of drug-likeness (QED) is 0.481. The third-order valence-electron chi connectivity index (χ3n) is 3.89. The molecule has 128 valence electrons. The maximum Gasteiger partial charge on any atom is 0.337 e. The number of hydrogen-bond donors (Lipinski definition) is 0. The number of methoxy groups -OCH3 is 1. The summed E-state index contributed by atoms with van der Waals surface area (Å²) in [6.45, 7) is 0. The Morgan fingerprint density at radius 3 is 2.69 bits per heavy atom. The van der Waals surface area contributed by atoms with E-state index in [1.165, 1.54) is 24.8 Å². The van der Waals surface area contributed by atoms with Gasteiger partial charge in [0.05, 0.1) is 18.1 Å². The molecule has 0 fully saturated rings. The molecule has 5 nitrogen and oxygen atoms in total. The molecule has 0 aliphatic rings. The second-order valence-electron chi connectivity index (χ2n) is 5.50. The molecule has 0 amide bonds. The van der Waals surface area contributed by atoms with Crippen molar-refractivity contribution in [3.63, 3.8) is 0 Å². The molecule has 0 N–H and O–H groups in total. The number of aromatic nitrogens is 2. The second-order valence-corrected chi connectivity index (χ2v) is 6.35. The summed E-state index contributed by atoms with van der Waals surface area (Å²) in [7, 11) is 1.35. The lowest BCUT2D eigenvalue weighted by molar-refractivity contribution is 0.0600. The molecule has 0 bridgehead atoms. The first kappa shape index (κ1) is 16.2. The zero-order chi connectivity index (χ0) is 17.9. The number of rotatable bonds is 4. The van der Waals surface area contributed by atoms with Gasteiger partial charge in [-0.3, -0.25) is 0 Å². The fraction of sp³-hybridized carbons (Fsp3) is 0.0500. The third-order valence-corrected chi connectivity index (χ3v) is 4.78. The summed E-state index contributed by atoms with van der Waals surface area (Å²) in [5.41, 5.74) is 2.51. The van der Waals surface area contributed by atoms with Gasteiger partial charge in [0.25, 0.3) is 0 Å². The van der Waals surface area contributed by atoms with E-state index in [0.29, 0.717) is 17.2 Å². The molecule has 0 saturated carbocycles. The number of ether oxygens (including phenoxy) is 2. The van der Waals surface area contributed by atoms with E-state index in [4.69, 9.17) is 9.47 Å². The van der Waals surface area contributed by atoms with Gasteiger partial charge < -0.3 is 9.47 Å². The van der Waals surface area contributed by atoms with Gasteiger partial charge >= 0.3 is 5.97 Å². The van der Waals surface area contributed by atoms with E-state index in [0.717, 1.165) is 21.3 Å². The largest absolute Gasteiger partial charge is 0.465 e. The van der Waals surface area contributed by atoms with Crippen molar-refractivity contribution < 1.29 is 14.3 Å². The molecule has 0 unspecified atom stereocenters. The fourth-order valence-electron chi connectivity index (χ4n) is 2.67. The van der Waals surface area contributed by atoms with Crippen LogP contribution in [-0.4, -0.2) is 23.0 Å². The third kappa shape index (κ3) is 3.02. The molecular formula is C20H14N2O3S. The van der Waals surface area contributed by atoms with E-state index in [1.807, 2.05) is 35.7 Å². The summed E-state index contributed by atoms with van der Waals surface area (Å²) in [5.74, 6) is 0.555. The van der Waals surface area contributed by atoms with E-state index >= 15 is 0 Å². The van der Waals surface area contributed by atoms with Crippen molar-refractivity contribution in [3.05, 3.63) is 71.9 Å². The van der Waals surface area contributed by atoms with Crippen LogP contribution in [0.4, 0.5) is 0 Å². The first-order valence-corrected chi connectivity index (χ1v) is 8.78. The minimum atomic E-state index is -0.413. The van der Waals surface area contributed by atoms with Crippen LogP contribution in [0, 0.1) is 0 Å². The van der Waals surface area contributed by atoms with E-state index in [9.17, 15) is 4.79 Å². The zero-order valence-electron chi connectivity index (χ0n) is 13.9. The molecule has 4 aromatic rings. The average Bonchev–Trinajstić information content (AvgIpc) is 3.13. The number of esters is 1. The summed E-state index contributed by atoms with van der Waals surface area (Å²) in [6, 6.07) is 16.9. The maximum absolute atomic E-state index is 11.7. The SMILES string of the molecule is COC(=O)c1cccc(Oc2ncnc3scc(-c4ccccc4)c23)c1. The number of benzene rings is 2. The average molecular weight is 362 g/mol. The minimum absolute atomic E-state index is 0.413. The molecule has 0 aliphatic carbocycles. The van der Waals surface area contributed by atoms with E-state index in [-0.39, 0.29) is 0 Å². The second kappa shape index (κ2) is 6.93. The Labute approximate surface area is 153 Å². The monoisotopic (exact) mass is 362 g/mol. The van der Waals surface area contributed by atoms with Gasteiger partial charge in [-0.15, -0.1) is 11.3 Å². The predicted molar refractivity (Wildman–Crippen MR) is 101 cm³/mol. The molecule has 2 heterocycles. The standard InChI is InChI=1S/C20H14N2O3S/c1-24-20(23)14-8-5-9-15(10-14)25-18-17-16(13-6-3-2-4-7-13)11-26-19(17)22-12-21-18/h2-12H,1H3. The van der Waals surface area contributed by atoms with Gasteiger partial charge in [-0.1, -0.05) is 36.4 Å². The molecule has 26 heavy (non-hydrogen) atoms. The first-order valence-electron chi connectivity index (χ1n) is 7.90. The van der Waals surface area contributed by atoms with Crippen molar-refractivity contribution in [2.45, 2.75) is 0 Å². The molecule has 4 rings (SSSR count). The summed E-state index contributed by atoms with van der Waals surface area (Å²) < 4.78 is 10.8. The first-order chi connectivity index (χ1) is 12.8. The van der Waals surface area contributed by atoms with Crippen LogP contribution in [0.25, 0.3) is 21.3 Å². The summed E-state index contributed by atoms with van der Waals surface area (Å²) in [4.78, 5) is 21.2. The summed E-state index contributed by atoms with van der Waals surface area (Å²) >= 11 is 1.54. The Kier molecular flexibility index (Phi) is 4.33. The van der Waals surface area contributed by atoms with Gasteiger partial charge in [0.2, 0.25) is 5.88 Å². The Morgan fingerprint density at radius 2 is 1.88 bits per heavy atom. The minimum Gasteiger partial charge on any atom is -0.465 e. The van der Waals surface area contributed by atoms with Gasteiger partial charge in [-0.2, -0.15) is 0 Å². The van der Waals surface area contributed by atoms with Gasteiger partial charge in [0.1, 0.15) is 16.9 Å². The van der Waals surface area contributed by atoms with Gasteiger partial charge in [0.15, 0.2) is 0 Å². The lowest BCUT2D eigenvalue weighted by Gasteiger charge is -2.08. The van der Waals surface area contributed by atoms with E-state index < -0.39 is 5.97 Å². The Hall–Kier alpha value is -3.25. The highest BCUT2D eigenvalue weighted by molar-refractivity contribution is 7.17. The van der Waals surface area contributed by atoms with Crippen LogP contribution < -0.4 is 4.74 Å². The number of thiophene rings is 1. The van der Waals surface area contributed by atoms with Crippen LogP contribution in [0.1, 0.15) is 10.4 Å². The van der Waals surface area contributed by atoms with Gasteiger partial charge in [-0.05, 0) is 23.8 Å². The Morgan fingerprint density at radius 1 is 1.04 bits per heavy atom. The van der Waals surface area contributed by atoms with Crippen LogP contribution in [0.15, 0.2) is 66.3 Å². The van der Waals surface area contributed by atoms with Gasteiger partial charge in [-0.25, -0.2) is 14.8 Å². The maximum atomic E-state index is 11.7. The van der Waals surface area contributed by atoms with Crippen LogP contribution in [0.2, 0.25) is 0 Å². The predicted octanol–water partition coefficient (Wildman–Crippen LogP) is 4.94. The van der Waals surface area contributed by atoms with Crippen molar-refractivity contribution in [3.8, 4) is 22.8 Å². The molecule has 0 spiro atoms. The highest BCUT2D eigenvalue weighted by atomic mass is 32.1. The number of carbonyl (C=O) groups is 1. The van der Waals surface area contributed by atoms with Crippen LogP contribution >= 0.6 is 11.3 Å². The molecule has 2 aromatic heterocycles. The summed E-state index contributed by atoms with van der Waals surface area (Å²) in [5, 5.41) is 2.90. The fourth-order valence-corrected chi connectivity index (χ4v) is 3.58. The normalized spacial score (nSPS) is 10.7. The van der Waals surface area contributed by atoms with Crippen molar-refractivity contribution in [2.24, 2.45) is 0 Å². The van der Waals surface area contributed by atoms with Crippen molar-refractivity contribution in [1.29, 1.82) is 0 Å². The molecule has 0 radical (unpaired) electrons. The highest BCUT2D eigenvalue weighted by Gasteiger charge is 2.15. The number of carbonyl (C=O) groups excluding carboxylic acids is 1. The van der Waals surface area contributed by atoms with Crippen molar-refractivity contribution in [1.82, 2.24) is 9.97 Å². The molecule has 0 atom stereocenters.